The molecule has 104 valence electrons. The van der Waals surface area contributed by atoms with E-state index in [1.54, 1.807) is 21.6 Å². The number of piperazine rings is 1. The third kappa shape index (κ3) is 3.51. The van der Waals surface area contributed by atoms with Crippen LogP contribution in [0, 0.1) is 0 Å². The predicted octanol–water partition coefficient (Wildman–Crippen LogP) is 1.22. The molecule has 0 aromatic carbocycles. The van der Waals surface area contributed by atoms with Crippen LogP contribution in [0.1, 0.15) is 20.8 Å². The third-order valence-electron chi connectivity index (χ3n) is 3.24. The smallest absolute Gasteiger partial charge is 0.320 e. The number of hydrogen-bond donors (Lipinski definition) is 0. The second-order valence-electron chi connectivity index (χ2n) is 4.38. The molecule has 1 aliphatic rings. The summed E-state index contributed by atoms with van der Waals surface area (Å²) in [4.78, 5) is 29.1. The van der Waals surface area contributed by atoms with Crippen molar-refractivity contribution in [2.75, 3.05) is 39.3 Å². The Bertz CT molecular complexity index is 298. The number of rotatable bonds is 3. The first-order chi connectivity index (χ1) is 8.51. The number of carbonyl (C=O) groups is 2. The highest BCUT2D eigenvalue weighted by atomic mass is 35.5. The fourth-order valence-corrected chi connectivity index (χ4v) is 2.20. The van der Waals surface area contributed by atoms with Crippen LogP contribution in [0.25, 0.3) is 0 Å². The van der Waals surface area contributed by atoms with Crippen LogP contribution in [0.15, 0.2) is 0 Å². The van der Waals surface area contributed by atoms with Gasteiger partial charge in [0, 0.05) is 39.3 Å². The van der Waals surface area contributed by atoms with E-state index in [0.717, 1.165) is 0 Å². The molecule has 0 N–H and O–H groups in total. The van der Waals surface area contributed by atoms with Crippen LogP contribution in [0.2, 0.25) is 0 Å². The molecule has 0 spiro atoms. The Morgan fingerprint density at radius 1 is 1.11 bits per heavy atom. The molecule has 5 nitrogen and oxygen atoms in total. The minimum Gasteiger partial charge on any atom is -0.338 e. The largest absolute Gasteiger partial charge is 0.338 e. The van der Waals surface area contributed by atoms with Crippen molar-refractivity contribution >= 4 is 23.5 Å². The number of carbonyl (C=O) groups excluding carboxylic acids is 2. The maximum absolute atomic E-state index is 12.1. The lowest BCUT2D eigenvalue weighted by Crippen LogP contribution is -2.54. The summed E-state index contributed by atoms with van der Waals surface area (Å²) in [6.07, 6.45) is 0. The van der Waals surface area contributed by atoms with Gasteiger partial charge in [-0.15, -0.1) is 11.6 Å². The highest BCUT2D eigenvalue weighted by molar-refractivity contribution is 6.30. The molecule has 0 aromatic heterocycles. The van der Waals surface area contributed by atoms with Crippen molar-refractivity contribution in [1.82, 2.24) is 14.7 Å². The first-order valence-corrected chi connectivity index (χ1v) is 6.91. The summed E-state index contributed by atoms with van der Waals surface area (Å²) in [7, 11) is 0. The summed E-state index contributed by atoms with van der Waals surface area (Å²) in [6.45, 7) is 9.37. The lowest BCUT2D eigenvalue weighted by Gasteiger charge is -2.37. The Kier molecular flexibility index (Phi) is 5.72. The molecule has 3 amide bonds. The quantitative estimate of drug-likeness (QED) is 0.727. The minimum absolute atomic E-state index is 0.0494. The third-order valence-corrected chi connectivity index (χ3v) is 3.42. The van der Waals surface area contributed by atoms with Gasteiger partial charge in [-0.2, -0.15) is 0 Å². The van der Waals surface area contributed by atoms with Gasteiger partial charge in [-0.05, 0) is 20.8 Å². The molecular weight excluding hydrogens is 254 g/mol. The summed E-state index contributed by atoms with van der Waals surface area (Å²) >= 11 is 5.78. The number of alkyl halides is 1. The van der Waals surface area contributed by atoms with Crippen molar-refractivity contribution in [1.29, 1.82) is 0 Å². The Labute approximate surface area is 114 Å². The molecular formula is C12H22ClN3O2. The molecule has 1 fully saturated rings. The van der Waals surface area contributed by atoms with Gasteiger partial charge in [0.1, 0.15) is 5.38 Å². The van der Waals surface area contributed by atoms with E-state index in [2.05, 4.69) is 0 Å². The standard InChI is InChI=1S/C12H22ClN3O2/c1-4-14(5-2)12(18)16-8-6-15(7-9-16)11(17)10(3)13/h10H,4-9H2,1-3H3. The van der Waals surface area contributed by atoms with Crippen LogP contribution in [0.4, 0.5) is 4.79 Å². The average Bonchev–Trinajstić information content (AvgIpc) is 2.39. The van der Waals surface area contributed by atoms with E-state index in [0.29, 0.717) is 39.3 Å². The van der Waals surface area contributed by atoms with Crippen molar-refractivity contribution in [3.63, 3.8) is 0 Å². The zero-order valence-electron chi connectivity index (χ0n) is 11.4. The van der Waals surface area contributed by atoms with E-state index >= 15 is 0 Å². The fraction of sp³-hybridized carbons (Fsp3) is 0.833. The van der Waals surface area contributed by atoms with E-state index in [1.165, 1.54) is 0 Å². The SMILES string of the molecule is CCN(CC)C(=O)N1CCN(C(=O)C(C)Cl)CC1. The highest BCUT2D eigenvalue weighted by Crippen LogP contribution is 2.09. The fourth-order valence-electron chi connectivity index (χ4n) is 2.06. The Balaban J connectivity index is 2.49. The minimum atomic E-state index is -0.491. The number of urea groups is 1. The van der Waals surface area contributed by atoms with E-state index in [1.807, 2.05) is 13.8 Å². The van der Waals surface area contributed by atoms with E-state index in [9.17, 15) is 9.59 Å². The number of halogens is 1. The molecule has 0 aromatic rings. The maximum Gasteiger partial charge on any atom is 0.320 e. The maximum atomic E-state index is 12.1. The molecule has 1 unspecified atom stereocenters. The van der Waals surface area contributed by atoms with Gasteiger partial charge in [0.15, 0.2) is 0 Å². The van der Waals surface area contributed by atoms with Gasteiger partial charge in [0.25, 0.3) is 0 Å². The van der Waals surface area contributed by atoms with Crippen molar-refractivity contribution < 1.29 is 9.59 Å². The van der Waals surface area contributed by atoms with E-state index in [4.69, 9.17) is 11.6 Å². The topological polar surface area (TPSA) is 43.9 Å². The Morgan fingerprint density at radius 3 is 1.94 bits per heavy atom. The second kappa shape index (κ2) is 6.83. The lowest BCUT2D eigenvalue weighted by atomic mass is 10.3. The van der Waals surface area contributed by atoms with Crippen molar-refractivity contribution in [2.24, 2.45) is 0 Å². The monoisotopic (exact) mass is 275 g/mol. The van der Waals surface area contributed by atoms with Gasteiger partial charge in [-0.3, -0.25) is 4.79 Å². The molecule has 0 bridgehead atoms. The first-order valence-electron chi connectivity index (χ1n) is 6.47. The van der Waals surface area contributed by atoms with Gasteiger partial charge in [-0.1, -0.05) is 0 Å². The number of amides is 3. The van der Waals surface area contributed by atoms with Crippen LogP contribution >= 0.6 is 11.6 Å². The molecule has 18 heavy (non-hydrogen) atoms. The summed E-state index contributed by atoms with van der Waals surface area (Å²) in [5, 5.41) is -0.491. The average molecular weight is 276 g/mol. The summed E-state index contributed by atoms with van der Waals surface area (Å²) in [5.74, 6) is -0.0494. The van der Waals surface area contributed by atoms with Crippen LogP contribution < -0.4 is 0 Å². The molecule has 1 aliphatic heterocycles. The highest BCUT2D eigenvalue weighted by Gasteiger charge is 2.27. The summed E-state index contributed by atoms with van der Waals surface area (Å²) in [6, 6.07) is 0.0611. The van der Waals surface area contributed by atoms with Gasteiger partial charge < -0.3 is 14.7 Å². The second-order valence-corrected chi connectivity index (χ2v) is 5.04. The Hall–Kier alpha value is -0.970. The molecule has 0 aliphatic carbocycles. The molecule has 1 atom stereocenters. The van der Waals surface area contributed by atoms with Crippen LogP contribution in [0.5, 0.6) is 0 Å². The number of hydrogen-bond acceptors (Lipinski definition) is 2. The van der Waals surface area contributed by atoms with Crippen molar-refractivity contribution in [3.8, 4) is 0 Å². The zero-order chi connectivity index (χ0) is 13.7. The number of nitrogens with zero attached hydrogens (tertiary/aromatic N) is 3. The first kappa shape index (κ1) is 15.1. The molecule has 1 heterocycles. The predicted molar refractivity (Wildman–Crippen MR) is 71.8 cm³/mol. The van der Waals surface area contributed by atoms with Crippen molar-refractivity contribution in [2.45, 2.75) is 26.1 Å². The summed E-state index contributed by atoms with van der Waals surface area (Å²) in [5.41, 5.74) is 0. The normalized spacial score (nSPS) is 17.6. The van der Waals surface area contributed by atoms with Gasteiger partial charge in [0.2, 0.25) is 5.91 Å². The van der Waals surface area contributed by atoms with Crippen molar-refractivity contribution in [3.05, 3.63) is 0 Å². The van der Waals surface area contributed by atoms with Crippen LogP contribution in [-0.2, 0) is 4.79 Å². The molecule has 0 radical (unpaired) electrons. The summed E-state index contributed by atoms with van der Waals surface area (Å²) < 4.78 is 0. The van der Waals surface area contributed by atoms with Gasteiger partial charge in [-0.25, -0.2) is 4.79 Å². The molecule has 0 saturated carbocycles. The van der Waals surface area contributed by atoms with E-state index in [-0.39, 0.29) is 11.9 Å². The van der Waals surface area contributed by atoms with Gasteiger partial charge >= 0.3 is 6.03 Å². The zero-order valence-corrected chi connectivity index (χ0v) is 12.1. The van der Waals surface area contributed by atoms with E-state index < -0.39 is 5.38 Å². The van der Waals surface area contributed by atoms with Gasteiger partial charge in [0.05, 0.1) is 0 Å². The molecule has 6 heteroatoms. The molecule has 1 rings (SSSR count). The van der Waals surface area contributed by atoms with Crippen LogP contribution in [-0.4, -0.2) is 71.3 Å². The Morgan fingerprint density at radius 2 is 1.56 bits per heavy atom. The lowest BCUT2D eigenvalue weighted by molar-refractivity contribution is -0.131. The van der Waals surface area contributed by atoms with Crippen LogP contribution in [0.3, 0.4) is 0 Å². The molecule has 1 saturated heterocycles.